The number of carbonyl (C=O) groups is 2. The zero-order valence-corrected chi connectivity index (χ0v) is 20.6. The van der Waals surface area contributed by atoms with Crippen molar-refractivity contribution in [3.8, 4) is 11.6 Å². The van der Waals surface area contributed by atoms with E-state index in [1.54, 1.807) is 19.4 Å². The molecule has 2 unspecified atom stereocenters. The van der Waals surface area contributed by atoms with Crippen LogP contribution in [0.1, 0.15) is 47.8 Å². The van der Waals surface area contributed by atoms with Crippen molar-refractivity contribution in [2.75, 3.05) is 25.6 Å². The number of rotatable bonds is 4. The zero-order valence-electron chi connectivity index (χ0n) is 20.6. The normalized spacial score (nSPS) is 23.4. The van der Waals surface area contributed by atoms with E-state index in [0.29, 0.717) is 41.9 Å². The number of hydrogen-bond donors (Lipinski definition) is 2. The molecular weight excluding hydrogens is 509 g/mol. The molecule has 0 spiro atoms. The van der Waals surface area contributed by atoms with Crippen LogP contribution in [0, 0.1) is 0 Å². The first kappa shape index (κ1) is 25.8. The molecule has 2 N–H and O–H groups in total. The van der Waals surface area contributed by atoms with Crippen molar-refractivity contribution in [1.82, 2.24) is 14.4 Å². The highest BCUT2D eigenvalue weighted by Gasteiger charge is 2.55. The summed E-state index contributed by atoms with van der Waals surface area (Å²) in [7, 11) is 1.56. The van der Waals surface area contributed by atoms with Crippen LogP contribution in [-0.2, 0) is 21.4 Å². The Morgan fingerprint density at radius 1 is 1.21 bits per heavy atom. The number of hydrogen-bond acceptors (Lipinski definition) is 7. The van der Waals surface area contributed by atoms with Crippen LogP contribution >= 0.6 is 0 Å². The van der Waals surface area contributed by atoms with Crippen LogP contribution in [0.5, 0.6) is 11.6 Å². The zero-order chi connectivity index (χ0) is 27.3. The summed E-state index contributed by atoms with van der Waals surface area (Å²) in [6.45, 7) is 3.46. The molecule has 10 nitrogen and oxygen atoms in total. The van der Waals surface area contributed by atoms with Crippen molar-refractivity contribution in [2.45, 2.75) is 49.8 Å². The number of amides is 1. The molecule has 3 aromatic rings. The minimum Gasteiger partial charge on any atom is -0.492 e. The lowest BCUT2D eigenvalue weighted by Gasteiger charge is -2.24. The Bertz CT molecular complexity index is 1410. The van der Waals surface area contributed by atoms with Gasteiger partial charge in [0.25, 0.3) is 11.8 Å². The van der Waals surface area contributed by atoms with Gasteiger partial charge in [0.1, 0.15) is 5.75 Å². The average molecular weight is 534 g/mol. The second-order valence-electron chi connectivity index (χ2n) is 9.84. The minimum absolute atomic E-state index is 0.0463. The Balaban J connectivity index is 0.000000374. The smallest absolute Gasteiger partial charge is 0.490 e. The van der Waals surface area contributed by atoms with Crippen molar-refractivity contribution >= 4 is 23.3 Å². The predicted molar refractivity (Wildman–Crippen MR) is 127 cm³/mol. The summed E-state index contributed by atoms with van der Waals surface area (Å²) < 4.78 is 50.8. The van der Waals surface area contributed by atoms with Crippen LogP contribution in [-0.4, -0.2) is 63.5 Å². The van der Waals surface area contributed by atoms with Gasteiger partial charge in [-0.2, -0.15) is 18.2 Å². The summed E-state index contributed by atoms with van der Waals surface area (Å²) in [6, 6.07) is 5.63. The molecule has 6 rings (SSSR count). The Labute approximate surface area is 214 Å². The maximum Gasteiger partial charge on any atom is 0.490 e. The van der Waals surface area contributed by atoms with Gasteiger partial charge in [0.05, 0.1) is 43.4 Å². The van der Waals surface area contributed by atoms with Gasteiger partial charge in [-0.1, -0.05) is 12.1 Å². The summed E-state index contributed by atoms with van der Waals surface area (Å²) in [4.78, 5) is 31.2. The average Bonchev–Trinajstić information content (AvgIpc) is 3.64. The van der Waals surface area contributed by atoms with Crippen LogP contribution in [0.2, 0.25) is 0 Å². The van der Waals surface area contributed by atoms with E-state index in [2.05, 4.69) is 17.2 Å². The first-order valence-electron chi connectivity index (χ1n) is 11.9. The number of ether oxygens (including phenoxy) is 3. The molecule has 1 amide bonds. The standard InChI is InChI=1S/C23H24N4O4.C2HF3O2/c1-22-7-8-23(12-22,13-31-22)16-10-27-11-17(26-21(29-2)19(27)24-16)25-20(28)15-5-3-4-14-6-9-30-18(14)15;3-2(4,5)1(6)7/h3-5,10-11H,6-9,12-13H2,1-2H3,(H,25,28);(H,6,7). The number of carbonyl (C=O) groups excluding carboxylic acids is 1. The summed E-state index contributed by atoms with van der Waals surface area (Å²) in [5.74, 6) is -1.60. The summed E-state index contributed by atoms with van der Waals surface area (Å²) >= 11 is 0. The van der Waals surface area contributed by atoms with Crippen molar-refractivity contribution in [3.05, 3.63) is 47.4 Å². The van der Waals surface area contributed by atoms with Gasteiger partial charge >= 0.3 is 12.1 Å². The van der Waals surface area contributed by atoms with Crippen molar-refractivity contribution in [1.29, 1.82) is 0 Å². The highest BCUT2D eigenvalue weighted by atomic mass is 19.4. The number of aromatic nitrogens is 3. The number of alkyl halides is 3. The molecule has 1 aromatic carbocycles. The summed E-state index contributed by atoms with van der Waals surface area (Å²) in [6.07, 6.45) is 2.60. The monoisotopic (exact) mass is 534 g/mol. The number of fused-ring (bicyclic) bond motifs is 4. The minimum atomic E-state index is -5.08. The number of anilines is 1. The van der Waals surface area contributed by atoms with E-state index >= 15 is 0 Å². The van der Waals surface area contributed by atoms with Crippen molar-refractivity contribution < 1.29 is 42.1 Å². The Kier molecular flexibility index (Phi) is 6.21. The molecule has 3 aliphatic rings. The molecule has 1 saturated carbocycles. The van der Waals surface area contributed by atoms with Gasteiger partial charge < -0.3 is 24.6 Å². The fraction of sp³-hybridized carbons (Fsp3) is 0.440. The first-order chi connectivity index (χ1) is 17.9. The van der Waals surface area contributed by atoms with Crippen LogP contribution in [0.25, 0.3) is 5.65 Å². The van der Waals surface area contributed by atoms with Gasteiger partial charge in [-0.15, -0.1) is 0 Å². The van der Waals surface area contributed by atoms with Gasteiger partial charge in [0.15, 0.2) is 5.82 Å². The topological polar surface area (TPSA) is 124 Å². The molecule has 2 fully saturated rings. The molecular formula is C25H25F3N4O6. The molecule has 1 saturated heterocycles. The number of halogens is 3. The highest BCUT2D eigenvalue weighted by molar-refractivity contribution is 6.06. The maximum absolute atomic E-state index is 12.9. The van der Waals surface area contributed by atoms with Crippen molar-refractivity contribution in [2.24, 2.45) is 0 Å². The number of nitrogens with one attached hydrogen (secondary N) is 1. The molecule has 1 aliphatic carbocycles. The number of nitrogens with zero attached hydrogens (tertiary/aromatic N) is 3. The van der Waals surface area contributed by atoms with Crippen LogP contribution < -0.4 is 14.8 Å². The first-order valence-corrected chi connectivity index (χ1v) is 11.9. The SMILES string of the molecule is COc1nc(NC(=O)c2cccc3c2OCC3)cn2cc(C34CCC(C)(C3)OC4)nc12.O=C(O)C(F)(F)F. The molecule has 4 heterocycles. The largest absolute Gasteiger partial charge is 0.492 e. The number of imidazole rings is 1. The Morgan fingerprint density at radius 2 is 1.97 bits per heavy atom. The number of methoxy groups -OCH3 is 1. The number of aliphatic carboxylic acids is 1. The van der Waals surface area contributed by atoms with E-state index in [4.69, 9.17) is 29.1 Å². The summed E-state index contributed by atoms with van der Waals surface area (Å²) in [5, 5.41) is 10.0. The van der Waals surface area contributed by atoms with E-state index in [1.807, 2.05) is 22.7 Å². The van der Waals surface area contributed by atoms with Gasteiger partial charge in [-0.3, -0.25) is 9.20 Å². The van der Waals surface area contributed by atoms with E-state index in [0.717, 1.165) is 36.9 Å². The molecule has 13 heteroatoms. The molecule has 2 bridgehead atoms. The molecule has 2 aromatic heterocycles. The van der Waals surface area contributed by atoms with Crippen molar-refractivity contribution in [3.63, 3.8) is 0 Å². The fourth-order valence-corrected chi connectivity index (χ4v) is 5.25. The van der Waals surface area contributed by atoms with E-state index < -0.39 is 12.1 Å². The molecule has 202 valence electrons. The molecule has 0 radical (unpaired) electrons. The third-order valence-electron chi connectivity index (χ3n) is 7.13. The number of para-hydroxylation sites is 1. The highest BCUT2D eigenvalue weighted by Crippen LogP contribution is 2.53. The predicted octanol–water partition coefficient (Wildman–Crippen LogP) is 3.77. The van der Waals surface area contributed by atoms with Crippen LogP contribution in [0.4, 0.5) is 19.0 Å². The second-order valence-corrected chi connectivity index (χ2v) is 9.84. The van der Waals surface area contributed by atoms with Gasteiger partial charge in [0, 0.05) is 18.0 Å². The lowest BCUT2D eigenvalue weighted by Crippen LogP contribution is -2.26. The number of carboxylic acid groups (broad SMARTS) is 1. The molecule has 38 heavy (non-hydrogen) atoms. The third-order valence-corrected chi connectivity index (χ3v) is 7.13. The van der Waals surface area contributed by atoms with Crippen LogP contribution in [0.15, 0.2) is 30.6 Å². The Hall–Kier alpha value is -3.87. The van der Waals surface area contributed by atoms with E-state index in [1.165, 1.54) is 0 Å². The van der Waals surface area contributed by atoms with Gasteiger partial charge in [-0.25, -0.2) is 9.78 Å². The lowest BCUT2D eigenvalue weighted by atomic mass is 9.84. The number of benzene rings is 1. The Morgan fingerprint density at radius 3 is 2.58 bits per heavy atom. The molecule has 2 aliphatic heterocycles. The molecule has 2 atom stereocenters. The fourth-order valence-electron chi connectivity index (χ4n) is 5.25. The van der Waals surface area contributed by atoms with E-state index in [-0.39, 0.29) is 16.9 Å². The third kappa shape index (κ3) is 4.62. The van der Waals surface area contributed by atoms with Gasteiger partial charge in [0.2, 0.25) is 5.65 Å². The summed E-state index contributed by atoms with van der Waals surface area (Å²) in [5.41, 5.74) is 3.08. The van der Waals surface area contributed by atoms with Crippen LogP contribution in [0.3, 0.4) is 0 Å². The van der Waals surface area contributed by atoms with Gasteiger partial charge in [-0.05, 0) is 37.8 Å². The lowest BCUT2D eigenvalue weighted by molar-refractivity contribution is -0.192. The quantitative estimate of drug-likeness (QED) is 0.519. The number of carboxylic acids is 1. The second kappa shape index (κ2) is 9.15. The van der Waals surface area contributed by atoms with E-state index in [9.17, 15) is 18.0 Å². The maximum atomic E-state index is 12.9.